The average molecular weight is 804 g/mol. The minimum atomic E-state index is -4.69. The van der Waals surface area contributed by atoms with E-state index in [-0.39, 0.29) is 47.6 Å². The van der Waals surface area contributed by atoms with Crippen LogP contribution in [0.2, 0.25) is 0 Å². The number of amides is 3. The molecule has 0 atom stereocenters. The molecule has 298 valence electrons. The minimum absolute atomic E-state index is 0.0461. The maximum atomic E-state index is 14.2. The number of imidazole rings is 1. The topological polar surface area (TPSA) is 190 Å². The molecule has 5 aromatic rings. The summed E-state index contributed by atoms with van der Waals surface area (Å²) in [5, 5.41) is 24.8. The highest BCUT2D eigenvalue weighted by Crippen LogP contribution is 2.32. The Morgan fingerprint density at radius 2 is 1.63 bits per heavy atom. The first kappa shape index (κ1) is 40.5. The highest BCUT2D eigenvalue weighted by molar-refractivity contribution is 7.89. The van der Waals surface area contributed by atoms with Gasteiger partial charge in [0.15, 0.2) is 0 Å². The number of carbonyl (C=O) groups excluding carboxylic acids is 2. The molecule has 0 aliphatic carbocycles. The van der Waals surface area contributed by atoms with Gasteiger partial charge in [0.2, 0.25) is 10.0 Å². The van der Waals surface area contributed by atoms with E-state index < -0.39 is 39.5 Å². The molecule has 57 heavy (non-hydrogen) atoms. The van der Waals surface area contributed by atoms with E-state index in [4.69, 9.17) is 5.14 Å². The van der Waals surface area contributed by atoms with Gasteiger partial charge >= 0.3 is 23.9 Å². The summed E-state index contributed by atoms with van der Waals surface area (Å²) in [5.74, 6) is 0. The van der Waals surface area contributed by atoms with Crippen molar-refractivity contribution >= 4 is 22.1 Å². The number of piperidine rings is 1. The molecule has 0 saturated carbocycles. The summed E-state index contributed by atoms with van der Waals surface area (Å²) in [6.45, 7) is 7.70. The SMILES string of the molecule is Cc1c(CCNC(=O)N2CCC(NC(=O)n3c(-c4ccnn4-c4ccc(C#N)cc4)c(C)n(-c4cccc(C(F)(F)F)c4)c3=O)CC2)cc(S(N)(=O)=O)c(C)c1C. The second kappa shape index (κ2) is 15.7. The van der Waals surface area contributed by atoms with Gasteiger partial charge in [0, 0.05) is 25.7 Å². The number of sulfonamides is 1. The number of nitrogens with one attached hydrogen (secondary N) is 2. The third-order valence-corrected chi connectivity index (χ3v) is 11.5. The van der Waals surface area contributed by atoms with Crippen molar-refractivity contribution in [2.45, 2.75) is 64.1 Å². The number of likely N-dealkylation sites (tertiary alicyclic amines) is 1. The molecule has 1 fully saturated rings. The van der Waals surface area contributed by atoms with Crippen LogP contribution in [0, 0.1) is 39.0 Å². The van der Waals surface area contributed by atoms with Crippen LogP contribution in [0.4, 0.5) is 22.8 Å². The minimum Gasteiger partial charge on any atom is -0.338 e. The summed E-state index contributed by atoms with van der Waals surface area (Å²) in [6, 6.07) is 14.2. The van der Waals surface area contributed by atoms with E-state index in [1.807, 2.05) is 19.9 Å². The van der Waals surface area contributed by atoms with E-state index in [9.17, 15) is 41.2 Å². The van der Waals surface area contributed by atoms with E-state index in [2.05, 4.69) is 15.7 Å². The van der Waals surface area contributed by atoms with E-state index in [1.54, 1.807) is 48.2 Å². The number of nitriles is 1. The first-order chi connectivity index (χ1) is 26.9. The largest absolute Gasteiger partial charge is 0.416 e. The number of hydrogen-bond donors (Lipinski definition) is 3. The van der Waals surface area contributed by atoms with Gasteiger partial charge in [-0.15, -0.1) is 0 Å². The molecule has 6 rings (SSSR count). The quantitative estimate of drug-likeness (QED) is 0.191. The van der Waals surface area contributed by atoms with E-state index in [0.29, 0.717) is 41.8 Å². The second-order valence-electron chi connectivity index (χ2n) is 13.9. The molecule has 18 heteroatoms. The number of halogens is 3. The average Bonchev–Trinajstić information content (AvgIpc) is 3.75. The third-order valence-electron chi connectivity index (χ3n) is 10.4. The van der Waals surface area contributed by atoms with Crippen molar-refractivity contribution in [3.05, 3.63) is 116 Å². The first-order valence-electron chi connectivity index (χ1n) is 17.9. The van der Waals surface area contributed by atoms with Crippen molar-refractivity contribution in [2.75, 3.05) is 19.6 Å². The summed E-state index contributed by atoms with van der Waals surface area (Å²) in [6.07, 6.45) is -2.18. The summed E-state index contributed by atoms with van der Waals surface area (Å²) in [4.78, 5) is 43.0. The van der Waals surface area contributed by atoms with Crippen molar-refractivity contribution in [1.82, 2.24) is 34.4 Å². The maximum Gasteiger partial charge on any atom is 0.416 e. The number of nitrogens with zero attached hydrogens (tertiary/aromatic N) is 6. The normalized spacial score (nSPS) is 13.7. The summed E-state index contributed by atoms with van der Waals surface area (Å²) in [7, 11) is -3.93. The van der Waals surface area contributed by atoms with Crippen molar-refractivity contribution in [3.8, 4) is 28.8 Å². The van der Waals surface area contributed by atoms with Crippen LogP contribution in [0.15, 0.2) is 76.6 Å². The number of hydrogen-bond acceptors (Lipinski definition) is 7. The molecule has 1 saturated heterocycles. The summed E-state index contributed by atoms with van der Waals surface area (Å²) >= 11 is 0. The Morgan fingerprint density at radius 1 is 0.947 bits per heavy atom. The number of benzene rings is 3. The van der Waals surface area contributed by atoms with Crippen LogP contribution in [0.1, 0.15) is 51.9 Å². The zero-order valence-corrected chi connectivity index (χ0v) is 32.3. The highest BCUT2D eigenvalue weighted by atomic mass is 32.2. The number of alkyl halides is 3. The number of rotatable bonds is 8. The molecular formula is C39H40F3N9O5S. The summed E-state index contributed by atoms with van der Waals surface area (Å²) in [5.41, 5.74) is 2.52. The molecule has 0 unspecified atom stereocenters. The van der Waals surface area contributed by atoms with Crippen LogP contribution in [0.5, 0.6) is 0 Å². The van der Waals surface area contributed by atoms with Gasteiger partial charge in [0.05, 0.1) is 51.1 Å². The Bertz CT molecular complexity index is 2580. The van der Waals surface area contributed by atoms with Gasteiger partial charge in [-0.25, -0.2) is 37.2 Å². The molecule has 0 radical (unpaired) electrons. The number of urea groups is 1. The van der Waals surface area contributed by atoms with Gasteiger partial charge < -0.3 is 15.5 Å². The van der Waals surface area contributed by atoms with Crippen LogP contribution in [-0.4, -0.2) is 70.0 Å². The Kier molecular flexibility index (Phi) is 11.2. The molecule has 3 amide bonds. The van der Waals surface area contributed by atoms with Crippen molar-refractivity contribution < 1.29 is 31.2 Å². The van der Waals surface area contributed by atoms with Crippen LogP contribution < -0.4 is 21.5 Å². The van der Waals surface area contributed by atoms with Gasteiger partial charge in [0.25, 0.3) is 0 Å². The Morgan fingerprint density at radius 3 is 2.26 bits per heavy atom. The zero-order valence-electron chi connectivity index (χ0n) is 31.5. The summed E-state index contributed by atoms with van der Waals surface area (Å²) < 4.78 is 68.8. The van der Waals surface area contributed by atoms with E-state index in [0.717, 1.165) is 38.0 Å². The van der Waals surface area contributed by atoms with Crippen LogP contribution >= 0.6 is 0 Å². The lowest BCUT2D eigenvalue weighted by atomic mass is 9.97. The molecule has 14 nitrogen and oxygen atoms in total. The third kappa shape index (κ3) is 8.20. The van der Waals surface area contributed by atoms with Crippen molar-refractivity contribution in [2.24, 2.45) is 5.14 Å². The van der Waals surface area contributed by atoms with E-state index in [1.165, 1.54) is 29.9 Å². The van der Waals surface area contributed by atoms with Gasteiger partial charge in [0.1, 0.15) is 5.69 Å². The number of primary sulfonamides is 1. The molecular weight excluding hydrogens is 764 g/mol. The maximum absolute atomic E-state index is 14.2. The van der Waals surface area contributed by atoms with E-state index >= 15 is 0 Å². The smallest absolute Gasteiger partial charge is 0.338 e. The first-order valence-corrected chi connectivity index (χ1v) is 19.5. The van der Waals surface area contributed by atoms with Gasteiger partial charge in [-0.1, -0.05) is 6.07 Å². The predicted molar refractivity (Wildman–Crippen MR) is 205 cm³/mol. The molecule has 4 N–H and O–H groups in total. The highest BCUT2D eigenvalue weighted by Gasteiger charge is 2.33. The molecule has 3 aromatic carbocycles. The standard InChI is InChI=1S/C39H40F3N9O5S/c1-23-24(2)28(20-34(25(23)3)57(44,55)56)12-16-45-36(52)48-18-14-30(15-19-48)47-37(53)50-35(33-13-17-46-51(33)31-10-8-27(22-43)9-11-31)26(4)49(38(50)54)32-7-5-6-29(21-32)39(40,41)42/h5-11,13,17,20-21,30H,12,14-16,18-19H2,1-4H3,(H,45,52)(H,47,53)(H2,44,55,56). The lowest BCUT2D eigenvalue weighted by Crippen LogP contribution is -2.51. The molecule has 0 spiro atoms. The van der Waals surface area contributed by atoms with Crippen molar-refractivity contribution in [3.63, 3.8) is 0 Å². The van der Waals surface area contributed by atoms with Crippen LogP contribution in [0.25, 0.3) is 22.8 Å². The zero-order chi connectivity index (χ0) is 41.4. The monoisotopic (exact) mass is 803 g/mol. The molecule has 0 bridgehead atoms. The Hall–Kier alpha value is -6.19. The fourth-order valence-corrected chi connectivity index (χ4v) is 7.99. The second-order valence-corrected chi connectivity index (χ2v) is 15.4. The van der Waals surface area contributed by atoms with Crippen LogP contribution in [0.3, 0.4) is 0 Å². The Labute approximate surface area is 326 Å². The lowest BCUT2D eigenvalue weighted by Gasteiger charge is -2.32. The van der Waals surface area contributed by atoms with Crippen LogP contribution in [-0.2, 0) is 22.6 Å². The lowest BCUT2D eigenvalue weighted by molar-refractivity contribution is -0.137. The number of carbonyl (C=O) groups is 2. The number of nitrogens with two attached hydrogens (primary N) is 1. The number of aromatic nitrogens is 4. The molecule has 1 aliphatic rings. The molecule has 3 heterocycles. The van der Waals surface area contributed by atoms with Crippen molar-refractivity contribution in [1.29, 1.82) is 5.26 Å². The molecule has 2 aromatic heterocycles. The predicted octanol–water partition coefficient (Wildman–Crippen LogP) is 5.24. The Balaban J connectivity index is 1.21. The van der Waals surface area contributed by atoms with Gasteiger partial charge in [-0.05, 0) is 124 Å². The van der Waals surface area contributed by atoms with Gasteiger partial charge in [-0.3, -0.25) is 4.57 Å². The molecule has 1 aliphatic heterocycles. The fourth-order valence-electron chi connectivity index (χ4n) is 7.10. The van der Waals surface area contributed by atoms with Gasteiger partial charge in [-0.2, -0.15) is 23.5 Å². The fraction of sp³-hybridized carbons (Fsp3) is 0.308.